The first kappa shape index (κ1) is 12.7. The largest absolute Gasteiger partial charge is 0.416 e. The Morgan fingerprint density at radius 2 is 1.82 bits per heavy atom. The highest BCUT2D eigenvalue weighted by atomic mass is 79.9. The van der Waals surface area contributed by atoms with Gasteiger partial charge in [0.05, 0.1) is 11.3 Å². The van der Waals surface area contributed by atoms with Crippen molar-refractivity contribution < 1.29 is 13.2 Å². The maximum atomic E-state index is 12.6. The first-order valence-corrected chi connectivity index (χ1v) is 6.10. The van der Waals surface area contributed by atoms with Crippen LogP contribution in [0.1, 0.15) is 5.56 Å². The third kappa shape index (κ3) is 2.93. The molecule has 1 N–H and O–H groups in total. The lowest BCUT2D eigenvalue weighted by atomic mass is 10.1. The van der Waals surface area contributed by atoms with Crippen LogP contribution in [0.3, 0.4) is 0 Å². The Labute approximate surface area is 106 Å². The van der Waals surface area contributed by atoms with Crippen LogP contribution in [0.2, 0.25) is 0 Å². The molecular weight excluding hydrogens is 297 g/mol. The van der Waals surface area contributed by atoms with E-state index in [2.05, 4.69) is 21.2 Å². The van der Waals surface area contributed by atoms with E-state index in [1.165, 1.54) is 12.1 Å². The van der Waals surface area contributed by atoms with Gasteiger partial charge in [-0.2, -0.15) is 13.2 Å². The summed E-state index contributed by atoms with van der Waals surface area (Å²) in [4.78, 5) is 1.95. The van der Waals surface area contributed by atoms with Gasteiger partial charge in [-0.1, -0.05) is 0 Å². The SMILES string of the molecule is FC(F)(F)c1ccc(Br)c(N2CCNCC2)c1. The third-order valence-electron chi connectivity index (χ3n) is 2.73. The van der Waals surface area contributed by atoms with Crippen molar-refractivity contribution in [2.75, 3.05) is 31.1 Å². The molecule has 2 nitrogen and oxygen atoms in total. The monoisotopic (exact) mass is 308 g/mol. The van der Waals surface area contributed by atoms with Gasteiger partial charge in [-0.05, 0) is 34.1 Å². The molecule has 0 saturated carbocycles. The average Bonchev–Trinajstić information content (AvgIpc) is 2.29. The maximum Gasteiger partial charge on any atom is 0.416 e. The zero-order valence-electron chi connectivity index (χ0n) is 9.02. The standard InChI is InChI=1S/C11H12BrF3N2/c12-9-2-1-8(11(13,14)15)7-10(9)17-5-3-16-4-6-17/h1-2,7,16H,3-6H2. The second kappa shape index (κ2) is 4.86. The second-order valence-electron chi connectivity index (χ2n) is 3.90. The summed E-state index contributed by atoms with van der Waals surface area (Å²) in [6.45, 7) is 3.03. The third-order valence-corrected chi connectivity index (χ3v) is 3.40. The summed E-state index contributed by atoms with van der Waals surface area (Å²) in [5.41, 5.74) is 0.00978. The van der Waals surface area contributed by atoms with Gasteiger partial charge in [0, 0.05) is 30.7 Å². The molecule has 0 radical (unpaired) electrons. The normalized spacial score (nSPS) is 17.3. The minimum absolute atomic E-state index is 0.603. The van der Waals surface area contributed by atoms with Gasteiger partial charge in [-0.25, -0.2) is 0 Å². The van der Waals surface area contributed by atoms with Gasteiger partial charge in [0.25, 0.3) is 0 Å². The molecule has 0 aromatic heterocycles. The van der Waals surface area contributed by atoms with Gasteiger partial charge in [0.1, 0.15) is 0 Å². The molecule has 1 aromatic rings. The van der Waals surface area contributed by atoms with Crippen molar-refractivity contribution in [2.45, 2.75) is 6.18 Å². The van der Waals surface area contributed by atoms with Crippen molar-refractivity contribution in [1.82, 2.24) is 5.32 Å². The molecule has 0 amide bonds. The van der Waals surface area contributed by atoms with Crippen LogP contribution >= 0.6 is 15.9 Å². The molecule has 6 heteroatoms. The van der Waals surface area contributed by atoms with Crippen LogP contribution < -0.4 is 10.2 Å². The van der Waals surface area contributed by atoms with E-state index < -0.39 is 11.7 Å². The molecule has 1 aliphatic rings. The number of hydrogen-bond donors (Lipinski definition) is 1. The molecule has 1 fully saturated rings. The van der Waals surface area contributed by atoms with Crippen molar-refractivity contribution in [1.29, 1.82) is 0 Å². The fraction of sp³-hybridized carbons (Fsp3) is 0.455. The zero-order chi connectivity index (χ0) is 12.5. The van der Waals surface area contributed by atoms with Crippen LogP contribution in [0.25, 0.3) is 0 Å². The Kier molecular flexibility index (Phi) is 3.63. The number of hydrogen-bond acceptors (Lipinski definition) is 2. The summed E-state index contributed by atoms with van der Waals surface area (Å²) < 4.78 is 38.6. The molecule has 0 unspecified atom stereocenters. The number of nitrogens with zero attached hydrogens (tertiary/aromatic N) is 1. The fourth-order valence-corrected chi connectivity index (χ4v) is 2.33. The van der Waals surface area contributed by atoms with Crippen LogP contribution in [-0.4, -0.2) is 26.2 Å². The fourth-order valence-electron chi connectivity index (χ4n) is 1.84. The quantitative estimate of drug-likeness (QED) is 0.858. The van der Waals surface area contributed by atoms with E-state index in [0.717, 1.165) is 32.2 Å². The summed E-state index contributed by atoms with van der Waals surface area (Å²) in [6, 6.07) is 3.76. The summed E-state index contributed by atoms with van der Waals surface area (Å²) >= 11 is 3.30. The van der Waals surface area contributed by atoms with E-state index >= 15 is 0 Å². The molecule has 0 aliphatic carbocycles. The van der Waals surface area contributed by atoms with Gasteiger partial charge in [0.15, 0.2) is 0 Å². The topological polar surface area (TPSA) is 15.3 Å². The molecule has 0 bridgehead atoms. The summed E-state index contributed by atoms with van der Waals surface area (Å²) in [7, 11) is 0. The highest BCUT2D eigenvalue weighted by Gasteiger charge is 2.31. The lowest BCUT2D eigenvalue weighted by Crippen LogP contribution is -2.43. The number of benzene rings is 1. The summed E-state index contributed by atoms with van der Waals surface area (Å²) in [6.07, 6.45) is -4.29. The Hall–Kier alpha value is -0.750. The average molecular weight is 309 g/mol. The first-order valence-electron chi connectivity index (χ1n) is 5.31. The number of piperazine rings is 1. The number of anilines is 1. The van der Waals surface area contributed by atoms with Gasteiger partial charge in [-0.15, -0.1) is 0 Å². The molecule has 17 heavy (non-hydrogen) atoms. The number of nitrogens with one attached hydrogen (secondary N) is 1. The van der Waals surface area contributed by atoms with E-state index in [9.17, 15) is 13.2 Å². The van der Waals surface area contributed by atoms with Crippen LogP contribution in [-0.2, 0) is 6.18 Å². The molecule has 1 aliphatic heterocycles. The number of rotatable bonds is 1. The Morgan fingerprint density at radius 1 is 1.18 bits per heavy atom. The Bertz CT molecular complexity index is 400. The molecule has 1 heterocycles. The molecule has 0 atom stereocenters. The van der Waals surface area contributed by atoms with E-state index in [-0.39, 0.29) is 0 Å². The first-order chi connectivity index (χ1) is 7.98. The van der Waals surface area contributed by atoms with Crippen LogP contribution in [0, 0.1) is 0 Å². The maximum absolute atomic E-state index is 12.6. The van der Waals surface area contributed by atoms with Crippen LogP contribution in [0.4, 0.5) is 18.9 Å². The molecule has 1 aromatic carbocycles. The van der Waals surface area contributed by atoms with Crippen molar-refractivity contribution in [3.05, 3.63) is 28.2 Å². The molecule has 2 rings (SSSR count). The van der Waals surface area contributed by atoms with E-state index in [4.69, 9.17) is 0 Å². The number of alkyl halides is 3. The molecule has 1 saturated heterocycles. The van der Waals surface area contributed by atoms with Gasteiger partial charge < -0.3 is 10.2 Å². The Morgan fingerprint density at radius 3 is 2.41 bits per heavy atom. The predicted molar refractivity (Wildman–Crippen MR) is 64.2 cm³/mol. The van der Waals surface area contributed by atoms with E-state index in [1.54, 1.807) is 0 Å². The molecule has 0 spiro atoms. The molecular formula is C11H12BrF3N2. The van der Waals surface area contributed by atoms with Crippen LogP contribution in [0.5, 0.6) is 0 Å². The highest BCUT2D eigenvalue weighted by Crippen LogP contribution is 2.35. The summed E-state index contributed by atoms with van der Waals surface area (Å²) in [5, 5.41) is 3.17. The number of halogens is 4. The predicted octanol–water partition coefficient (Wildman–Crippen LogP) is 2.88. The Balaban J connectivity index is 2.31. The minimum Gasteiger partial charge on any atom is -0.368 e. The minimum atomic E-state index is -4.29. The van der Waals surface area contributed by atoms with Gasteiger partial charge >= 0.3 is 6.18 Å². The van der Waals surface area contributed by atoms with Gasteiger partial charge in [0.2, 0.25) is 0 Å². The van der Waals surface area contributed by atoms with Gasteiger partial charge in [-0.3, -0.25) is 0 Å². The van der Waals surface area contributed by atoms with Crippen molar-refractivity contribution >= 4 is 21.6 Å². The van der Waals surface area contributed by atoms with E-state index in [0.29, 0.717) is 10.2 Å². The highest BCUT2D eigenvalue weighted by molar-refractivity contribution is 9.10. The van der Waals surface area contributed by atoms with Crippen molar-refractivity contribution in [3.8, 4) is 0 Å². The van der Waals surface area contributed by atoms with Crippen LogP contribution in [0.15, 0.2) is 22.7 Å². The lowest BCUT2D eigenvalue weighted by molar-refractivity contribution is -0.137. The smallest absolute Gasteiger partial charge is 0.368 e. The zero-order valence-corrected chi connectivity index (χ0v) is 10.6. The second-order valence-corrected chi connectivity index (χ2v) is 4.76. The van der Waals surface area contributed by atoms with Crippen molar-refractivity contribution in [2.24, 2.45) is 0 Å². The lowest BCUT2D eigenvalue weighted by Gasteiger charge is -2.30. The van der Waals surface area contributed by atoms with Crippen molar-refractivity contribution in [3.63, 3.8) is 0 Å². The summed E-state index contributed by atoms with van der Waals surface area (Å²) in [5.74, 6) is 0. The molecule has 94 valence electrons. The van der Waals surface area contributed by atoms with E-state index in [1.807, 2.05) is 4.90 Å².